The molecule has 1 N–H and O–H groups in total. The lowest BCUT2D eigenvalue weighted by atomic mass is 10.1. The van der Waals surface area contributed by atoms with Gasteiger partial charge < -0.3 is 10.0 Å². The molecule has 0 aromatic heterocycles. The smallest absolute Gasteiger partial charge is 0.256 e. The van der Waals surface area contributed by atoms with Crippen molar-refractivity contribution in [2.24, 2.45) is 5.92 Å². The molecule has 2 fully saturated rings. The number of carbonyl (C=O) groups is 1. The molecule has 1 atom stereocenters. The maximum absolute atomic E-state index is 12.9. The van der Waals surface area contributed by atoms with Gasteiger partial charge in [0.1, 0.15) is 0 Å². The Labute approximate surface area is 149 Å². The highest BCUT2D eigenvalue weighted by Gasteiger charge is 2.43. The van der Waals surface area contributed by atoms with Crippen molar-refractivity contribution in [2.75, 3.05) is 13.1 Å². The SMILES string of the molecule is CC(C1CC1)N1Cc2cc(Br)cc(S(=O)(=O)N3CC(O)C3)c2C1=O. The van der Waals surface area contributed by atoms with Crippen molar-refractivity contribution in [2.45, 2.75) is 43.4 Å². The maximum Gasteiger partial charge on any atom is 0.256 e. The van der Waals surface area contributed by atoms with Crippen LogP contribution in [-0.4, -0.2) is 53.9 Å². The Kier molecular flexibility index (Phi) is 3.80. The molecule has 130 valence electrons. The highest BCUT2D eigenvalue weighted by Crippen LogP contribution is 2.40. The third-order valence-electron chi connectivity index (χ3n) is 5.21. The fourth-order valence-electron chi connectivity index (χ4n) is 3.52. The number of rotatable bonds is 4. The van der Waals surface area contributed by atoms with E-state index in [-0.39, 0.29) is 29.9 Å². The van der Waals surface area contributed by atoms with Gasteiger partial charge in [-0.05, 0) is 43.4 Å². The number of amides is 1. The Morgan fingerprint density at radius 1 is 1.29 bits per heavy atom. The van der Waals surface area contributed by atoms with Crippen LogP contribution in [0.25, 0.3) is 0 Å². The van der Waals surface area contributed by atoms with Gasteiger partial charge in [0.15, 0.2) is 0 Å². The molecule has 6 nitrogen and oxygen atoms in total. The first-order chi connectivity index (χ1) is 11.3. The summed E-state index contributed by atoms with van der Waals surface area (Å²) >= 11 is 3.37. The first-order valence-corrected chi connectivity index (χ1v) is 10.3. The van der Waals surface area contributed by atoms with Crippen molar-refractivity contribution in [1.82, 2.24) is 9.21 Å². The van der Waals surface area contributed by atoms with Gasteiger partial charge in [0, 0.05) is 30.1 Å². The number of fused-ring (bicyclic) bond motifs is 1. The Bertz CT molecular complexity index is 816. The van der Waals surface area contributed by atoms with Crippen molar-refractivity contribution in [3.63, 3.8) is 0 Å². The van der Waals surface area contributed by atoms with Crippen LogP contribution >= 0.6 is 15.9 Å². The van der Waals surface area contributed by atoms with Gasteiger partial charge >= 0.3 is 0 Å². The first-order valence-electron chi connectivity index (χ1n) is 8.10. The van der Waals surface area contributed by atoms with E-state index in [1.165, 1.54) is 10.4 Å². The highest BCUT2D eigenvalue weighted by molar-refractivity contribution is 9.10. The van der Waals surface area contributed by atoms with Crippen LogP contribution in [0.3, 0.4) is 0 Å². The molecule has 1 aliphatic carbocycles. The zero-order valence-corrected chi connectivity index (χ0v) is 15.7. The number of hydrogen-bond acceptors (Lipinski definition) is 4. The molecule has 3 aliphatic rings. The average Bonchev–Trinajstić information content (AvgIpc) is 3.27. The number of β-amino-alcohol motifs (C(OH)–C–C–N with tert-alkyl or cyclic N) is 1. The lowest BCUT2D eigenvalue weighted by molar-refractivity contribution is 0.0547. The zero-order valence-electron chi connectivity index (χ0n) is 13.3. The minimum atomic E-state index is -3.77. The molecular weight excluding hydrogens is 396 g/mol. The van der Waals surface area contributed by atoms with Gasteiger partial charge in [-0.2, -0.15) is 4.31 Å². The molecule has 2 heterocycles. The number of carbonyl (C=O) groups excluding carboxylic acids is 1. The van der Waals surface area contributed by atoms with E-state index in [1.54, 1.807) is 4.90 Å². The van der Waals surface area contributed by atoms with Crippen molar-refractivity contribution < 1.29 is 18.3 Å². The van der Waals surface area contributed by atoms with Gasteiger partial charge in [-0.1, -0.05) is 15.9 Å². The van der Waals surface area contributed by atoms with Gasteiger partial charge in [-0.25, -0.2) is 8.42 Å². The van der Waals surface area contributed by atoms with Crippen molar-refractivity contribution in [3.8, 4) is 0 Å². The third kappa shape index (κ3) is 2.51. The zero-order chi connectivity index (χ0) is 17.2. The van der Waals surface area contributed by atoms with E-state index in [0.29, 0.717) is 22.5 Å². The van der Waals surface area contributed by atoms with Gasteiger partial charge in [-0.15, -0.1) is 0 Å². The molecule has 1 amide bonds. The van der Waals surface area contributed by atoms with Crippen molar-refractivity contribution >= 4 is 31.9 Å². The third-order valence-corrected chi connectivity index (χ3v) is 7.52. The van der Waals surface area contributed by atoms with Gasteiger partial charge in [0.25, 0.3) is 5.91 Å². The highest BCUT2D eigenvalue weighted by atomic mass is 79.9. The molecule has 1 unspecified atom stereocenters. The lowest BCUT2D eigenvalue weighted by Gasteiger charge is -2.35. The van der Waals surface area contributed by atoms with E-state index < -0.39 is 16.1 Å². The number of sulfonamides is 1. The van der Waals surface area contributed by atoms with E-state index in [9.17, 15) is 18.3 Å². The number of benzene rings is 1. The predicted octanol–water partition coefficient (Wildman–Crippen LogP) is 1.57. The van der Waals surface area contributed by atoms with Crippen LogP contribution in [-0.2, 0) is 16.6 Å². The summed E-state index contributed by atoms with van der Waals surface area (Å²) in [6.07, 6.45) is 1.63. The maximum atomic E-state index is 12.9. The second-order valence-electron chi connectivity index (χ2n) is 6.92. The lowest BCUT2D eigenvalue weighted by Crippen LogP contribution is -2.53. The molecule has 0 bridgehead atoms. The van der Waals surface area contributed by atoms with Gasteiger partial charge in [0.05, 0.1) is 16.6 Å². The fraction of sp³-hybridized carbons (Fsp3) is 0.562. The summed E-state index contributed by atoms with van der Waals surface area (Å²) in [5.74, 6) is 0.328. The molecule has 1 aromatic carbocycles. The molecule has 1 saturated heterocycles. The molecule has 4 rings (SSSR count). The Balaban J connectivity index is 1.75. The van der Waals surface area contributed by atoms with Crippen molar-refractivity contribution in [3.05, 3.63) is 27.7 Å². The summed E-state index contributed by atoms with van der Waals surface area (Å²) in [6, 6.07) is 3.46. The average molecular weight is 415 g/mol. The Hall–Kier alpha value is -0.960. The van der Waals surface area contributed by atoms with Crippen molar-refractivity contribution in [1.29, 1.82) is 0 Å². The molecular formula is C16H19BrN2O4S. The Morgan fingerprint density at radius 3 is 2.54 bits per heavy atom. The first kappa shape index (κ1) is 16.5. The number of hydrogen-bond donors (Lipinski definition) is 1. The predicted molar refractivity (Wildman–Crippen MR) is 91.0 cm³/mol. The van der Waals surface area contributed by atoms with Gasteiger partial charge in [0.2, 0.25) is 10.0 Å². The van der Waals surface area contributed by atoms with E-state index in [0.717, 1.165) is 18.4 Å². The summed E-state index contributed by atoms with van der Waals surface area (Å²) < 4.78 is 27.6. The van der Waals surface area contributed by atoms with E-state index in [2.05, 4.69) is 15.9 Å². The summed E-state index contributed by atoms with van der Waals surface area (Å²) in [7, 11) is -3.77. The summed E-state index contributed by atoms with van der Waals surface area (Å²) in [6.45, 7) is 2.66. The number of halogens is 1. The molecule has 0 spiro atoms. The van der Waals surface area contributed by atoms with Crippen LogP contribution in [0.1, 0.15) is 35.7 Å². The number of aliphatic hydroxyl groups excluding tert-OH is 1. The topological polar surface area (TPSA) is 77.9 Å². The van der Waals surface area contributed by atoms with E-state index >= 15 is 0 Å². The second kappa shape index (κ2) is 5.52. The monoisotopic (exact) mass is 414 g/mol. The molecule has 0 radical (unpaired) electrons. The summed E-state index contributed by atoms with van der Waals surface area (Å²) in [5.41, 5.74) is 1.05. The second-order valence-corrected chi connectivity index (χ2v) is 9.75. The molecule has 2 aliphatic heterocycles. The minimum absolute atomic E-state index is 0.0503. The minimum Gasteiger partial charge on any atom is -0.390 e. The van der Waals surface area contributed by atoms with E-state index in [1.807, 2.05) is 13.0 Å². The van der Waals surface area contributed by atoms with E-state index in [4.69, 9.17) is 0 Å². The quantitative estimate of drug-likeness (QED) is 0.810. The normalized spacial score (nSPS) is 23.3. The Morgan fingerprint density at radius 2 is 1.96 bits per heavy atom. The summed E-state index contributed by atoms with van der Waals surface area (Å²) in [4.78, 5) is 14.8. The fourth-order valence-corrected chi connectivity index (χ4v) is 5.94. The van der Waals surface area contributed by atoms with Crippen LogP contribution < -0.4 is 0 Å². The number of nitrogens with zero attached hydrogens (tertiary/aromatic N) is 2. The van der Waals surface area contributed by atoms with Crippen LogP contribution in [0.4, 0.5) is 0 Å². The van der Waals surface area contributed by atoms with Gasteiger partial charge in [-0.3, -0.25) is 4.79 Å². The number of aliphatic hydroxyl groups is 1. The molecule has 1 aromatic rings. The van der Waals surface area contributed by atoms with Crippen LogP contribution in [0.5, 0.6) is 0 Å². The molecule has 8 heteroatoms. The standard InChI is InChI=1S/C16H19BrN2O4S/c1-9(10-2-3-10)19-6-11-4-12(17)5-14(15(11)16(19)21)24(22,23)18-7-13(20)8-18/h4-5,9-10,13,20H,2-3,6-8H2,1H3. The molecule has 24 heavy (non-hydrogen) atoms. The van der Waals surface area contributed by atoms with Crippen LogP contribution in [0, 0.1) is 5.92 Å². The largest absolute Gasteiger partial charge is 0.390 e. The summed E-state index contributed by atoms with van der Waals surface area (Å²) in [5, 5.41) is 9.42. The van der Waals surface area contributed by atoms with Crippen LogP contribution in [0.15, 0.2) is 21.5 Å². The van der Waals surface area contributed by atoms with Crippen LogP contribution in [0.2, 0.25) is 0 Å². The molecule has 1 saturated carbocycles.